The van der Waals surface area contributed by atoms with Crippen molar-refractivity contribution in [1.82, 2.24) is 4.90 Å². The SMILES string of the molecule is COc1ccccc1C(=O)C1CCCN(C(=O)Cc2cc(=O)oc3cc(C)ccc23)C1. The summed E-state index contributed by atoms with van der Waals surface area (Å²) >= 11 is 0. The number of carbonyl (C=O) groups excluding carboxylic acids is 2. The topological polar surface area (TPSA) is 76.8 Å². The number of hydrogen-bond donors (Lipinski definition) is 0. The van der Waals surface area contributed by atoms with Gasteiger partial charge in [0.25, 0.3) is 0 Å². The van der Waals surface area contributed by atoms with Gasteiger partial charge in [0.1, 0.15) is 11.3 Å². The lowest BCUT2D eigenvalue weighted by molar-refractivity contribution is -0.131. The number of benzene rings is 2. The second kappa shape index (κ2) is 8.76. The fourth-order valence-corrected chi connectivity index (χ4v) is 4.24. The van der Waals surface area contributed by atoms with Crippen LogP contribution in [0.5, 0.6) is 5.75 Å². The predicted molar refractivity (Wildman–Crippen MR) is 118 cm³/mol. The largest absolute Gasteiger partial charge is 0.496 e. The zero-order chi connectivity index (χ0) is 22.0. The molecule has 0 N–H and O–H groups in total. The van der Waals surface area contributed by atoms with Crippen molar-refractivity contribution in [3.05, 3.63) is 75.6 Å². The third kappa shape index (κ3) is 4.38. The fraction of sp³-hybridized carbons (Fsp3) is 0.320. The minimum absolute atomic E-state index is 0.00349. The second-order valence-electron chi connectivity index (χ2n) is 8.01. The number of piperidine rings is 1. The van der Waals surface area contributed by atoms with Crippen molar-refractivity contribution in [1.29, 1.82) is 0 Å². The van der Waals surface area contributed by atoms with E-state index in [2.05, 4.69) is 0 Å². The molecule has 160 valence electrons. The molecule has 2 heterocycles. The molecule has 1 saturated heterocycles. The number of amides is 1. The van der Waals surface area contributed by atoms with E-state index in [1.54, 1.807) is 30.2 Å². The van der Waals surface area contributed by atoms with E-state index in [0.717, 1.165) is 23.8 Å². The van der Waals surface area contributed by atoms with E-state index in [-0.39, 0.29) is 24.0 Å². The van der Waals surface area contributed by atoms with Crippen LogP contribution >= 0.6 is 0 Å². The highest BCUT2D eigenvalue weighted by Gasteiger charge is 2.30. The van der Waals surface area contributed by atoms with E-state index >= 15 is 0 Å². The zero-order valence-corrected chi connectivity index (χ0v) is 17.7. The van der Waals surface area contributed by atoms with Gasteiger partial charge in [-0.3, -0.25) is 9.59 Å². The summed E-state index contributed by atoms with van der Waals surface area (Å²) in [6.45, 7) is 2.89. The van der Waals surface area contributed by atoms with Crippen LogP contribution in [0.3, 0.4) is 0 Å². The molecule has 6 heteroatoms. The molecule has 4 rings (SSSR count). The van der Waals surface area contributed by atoms with Gasteiger partial charge in [-0.15, -0.1) is 0 Å². The first kappa shape index (κ1) is 20.8. The summed E-state index contributed by atoms with van der Waals surface area (Å²) in [4.78, 5) is 39.9. The molecule has 31 heavy (non-hydrogen) atoms. The summed E-state index contributed by atoms with van der Waals surface area (Å²) in [5.74, 6) is 0.184. The molecule has 1 atom stereocenters. The van der Waals surface area contributed by atoms with Gasteiger partial charge in [-0.05, 0) is 49.1 Å². The number of likely N-dealkylation sites (tertiary alicyclic amines) is 1. The Hall–Kier alpha value is -3.41. The van der Waals surface area contributed by atoms with E-state index in [0.29, 0.717) is 35.5 Å². The lowest BCUT2D eigenvalue weighted by Crippen LogP contribution is -2.43. The molecule has 1 aliphatic heterocycles. The van der Waals surface area contributed by atoms with Crippen molar-refractivity contribution in [3.8, 4) is 5.75 Å². The van der Waals surface area contributed by atoms with E-state index in [1.807, 2.05) is 31.2 Å². The van der Waals surface area contributed by atoms with Crippen molar-refractivity contribution in [3.63, 3.8) is 0 Å². The van der Waals surface area contributed by atoms with Crippen LogP contribution in [0.25, 0.3) is 11.0 Å². The number of carbonyl (C=O) groups is 2. The monoisotopic (exact) mass is 419 g/mol. The number of aryl methyl sites for hydroxylation is 1. The van der Waals surface area contributed by atoms with E-state index in [9.17, 15) is 14.4 Å². The normalized spacial score (nSPS) is 16.3. The maximum absolute atomic E-state index is 13.1. The van der Waals surface area contributed by atoms with Crippen LogP contribution in [0, 0.1) is 12.8 Å². The first-order valence-corrected chi connectivity index (χ1v) is 10.4. The average Bonchev–Trinajstić information content (AvgIpc) is 2.78. The first-order valence-electron chi connectivity index (χ1n) is 10.4. The van der Waals surface area contributed by atoms with Crippen LogP contribution in [-0.4, -0.2) is 36.8 Å². The van der Waals surface area contributed by atoms with Crippen LogP contribution in [0.4, 0.5) is 0 Å². The molecular weight excluding hydrogens is 394 g/mol. The maximum Gasteiger partial charge on any atom is 0.336 e. The Morgan fingerprint density at radius 1 is 1.16 bits per heavy atom. The number of Topliss-reactive ketones (excluding diaryl/α,β-unsaturated/α-hetero) is 1. The summed E-state index contributed by atoms with van der Waals surface area (Å²) in [6.07, 6.45) is 1.59. The molecule has 2 aromatic carbocycles. The molecule has 0 bridgehead atoms. The van der Waals surface area contributed by atoms with Crippen molar-refractivity contribution in [2.75, 3.05) is 20.2 Å². The van der Waals surface area contributed by atoms with Crippen LogP contribution in [0.15, 0.2) is 57.7 Å². The minimum Gasteiger partial charge on any atom is -0.496 e. The molecule has 0 spiro atoms. The number of ketones is 1. The third-order valence-electron chi connectivity index (χ3n) is 5.84. The molecule has 1 aliphatic rings. The second-order valence-corrected chi connectivity index (χ2v) is 8.01. The Kier molecular flexibility index (Phi) is 5.89. The quantitative estimate of drug-likeness (QED) is 0.465. The number of rotatable bonds is 5. The van der Waals surface area contributed by atoms with Gasteiger partial charge in [0.15, 0.2) is 5.78 Å². The Morgan fingerprint density at radius 3 is 2.77 bits per heavy atom. The summed E-state index contributed by atoms with van der Waals surface area (Å²) in [7, 11) is 1.55. The van der Waals surface area contributed by atoms with Crippen LogP contribution < -0.4 is 10.4 Å². The lowest BCUT2D eigenvalue weighted by Gasteiger charge is -2.32. The number of fused-ring (bicyclic) bond motifs is 1. The number of hydrogen-bond acceptors (Lipinski definition) is 5. The van der Waals surface area contributed by atoms with Crippen molar-refractivity contribution in [2.45, 2.75) is 26.2 Å². The molecule has 6 nitrogen and oxygen atoms in total. The molecule has 1 unspecified atom stereocenters. The molecular formula is C25H25NO5. The molecule has 0 radical (unpaired) electrons. The molecule has 0 saturated carbocycles. The first-order chi connectivity index (χ1) is 15.0. The number of ether oxygens (including phenoxy) is 1. The van der Waals surface area contributed by atoms with Crippen molar-refractivity contribution < 1.29 is 18.7 Å². The number of para-hydroxylation sites is 1. The molecule has 0 aliphatic carbocycles. The summed E-state index contributed by atoms with van der Waals surface area (Å²) in [5.41, 5.74) is 2.19. The van der Waals surface area contributed by atoms with Gasteiger partial charge >= 0.3 is 5.63 Å². The molecule has 1 aromatic heterocycles. The van der Waals surface area contributed by atoms with Crippen LogP contribution in [0.1, 0.15) is 34.3 Å². The Bertz CT molecular complexity index is 1200. The third-order valence-corrected chi connectivity index (χ3v) is 5.84. The summed E-state index contributed by atoms with van der Waals surface area (Å²) in [6, 6.07) is 14.2. The average molecular weight is 419 g/mol. The van der Waals surface area contributed by atoms with Gasteiger partial charge in [-0.25, -0.2) is 4.79 Å². The Morgan fingerprint density at radius 2 is 1.97 bits per heavy atom. The minimum atomic E-state index is -0.469. The van der Waals surface area contributed by atoms with Crippen LogP contribution in [0.2, 0.25) is 0 Å². The molecule has 3 aromatic rings. The molecule has 1 amide bonds. The highest BCUT2D eigenvalue weighted by molar-refractivity contribution is 6.00. The smallest absolute Gasteiger partial charge is 0.336 e. The summed E-state index contributed by atoms with van der Waals surface area (Å²) in [5, 5.41) is 0.761. The van der Waals surface area contributed by atoms with Gasteiger partial charge in [0, 0.05) is 30.5 Å². The van der Waals surface area contributed by atoms with E-state index in [1.165, 1.54) is 6.07 Å². The summed E-state index contributed by atoms with van der Waals surface area (Å²) < 4.78 is 10.6. The standard InChI is InChI=1S/C25H25NO5/c1-16-9-10-19-18(14-24(28)31-22(19)12-16)13-23(27)26-11-5-6-17(15-26)25(29)20-7-3-4-8-21(20)30-2/h3-4,7-10,12,14,17H,5-6,11,13,15H2,1-2H3. The Labute approximate surface area is 180 Å². The Balaban J connectivity index is 1.53. The highest BCUT2D eigenvalue weighted by atomic mass is 16.5. The van der Waals surface area contributed by atoms with Crippen LogP contribution in [-0.2, 0) is 11.2 Å². The predicted octanol–water partition coefficient (Wildman–Crippen LogP) is 3.77. The van der Waals surface area contributed by atoms with Gasteiger partial charge in [0.2, 0.25) is 5.91 Å². The van der Waals surface area contributed by atoms with Gasteiger partial charge in [-0.2, -0.15) is 0 Å². The lowest BCUT2D eigenvalue weighted by atomic mass is 9.89. The fourth-order valence-electron chi connectivity index (χ4n) is 4.24. The highest BCUT2D eigenvalue weighted by Crippen LogP contribution is 2.27. The molecule has 1 fully saturated rings. The maximum atomic E-state index is 13.1. The zero-order valence-electron chi connectivity index (χ0n) is 17.7. The van der Waals surface area contributed by atoms with E-state index in [4.69, 9.17) is 9.15 Å². The number of methoxy groups -OCH3 is 1. The van der Waals surface area contributed by atoms with Gasteiger partial charge in [0.05, 0.1) is 19.1 Å². The number of nitrogens with zero attached hydrogens (tertiary/aromatic N) is 1. The van der Waals surface area contributed by atoms with Gasteiger partial charge < -0.3 is 14.1 Å². The van der Waals surface area contributed by atoms with E-state index < -0.39 is 5.63 Å². The van der Waals surface area contributed by atoms with Crippen molar-refractivity contribution in [2.24, 2.45) is 5.92 Å². The van der Waals surface area contributed by atoms with Crippen molar-refractivity contribution >= 4 is 22.7 Å². The van der Waals surface area contributed by atoms with Gasteiger partial charge in [-0.1, -0.05) is 24.3 Å².